The third-order valence-corrected chi connectivity index (χ3v) is 2.63. The lowest BCUT2D eigenvalue weighted by atomic mass is 10.1. The normalized spacial score (nSPS) is 11.3. The number of nitrogens with one attached hydrogen (secondary N) is 1. The molecule has 0 bridgehead atoms. The monoisotopic (exact) mass is 234 g/mol. The van der Waals surface area contributed by atoms with Gasteiger partial charge < -0.3 is 10.4 Å². The van der Waals surface area contributed by atoms with E-state index in [1.807, 2.05) is 10.7 Å². The summed E-state index contributed by atoms with van der Waals surface area (Å²) in [7, 11) is 0. The van der Waals surface area contributed by atoms with Crippen molar-refractivity contribution in [1.82, 2.24) is 14.6 Å². The van der Waals surface area contributed by atoms with Gasteiger partial charge in [0.2, 0.25) is 0 Å². The molecule has 0 amide bonds. The first-order chi connectivity index (χ1) is 8.22. The van der Waals surface area contributed by atoms with Gasteiger partial charge in [-0.25, -0.2) is 9.50 Å². The number of anilines is 1. The molecule has 0 saturated heterocycles. The number of rotatable bonds is 5. The lowest BCUT2D eigenvalue weighted by molar-refractivity contribution is 0.292. The maximum Gasteiger partial charge on any atom is 0.152 e. The summed E-state index contributed by atoms with van der Waals surface area (Å²) in [6.07, 6.45) is 4.29. The zero-order chi connectivity index (χ0) is 12.3. The van der Waals surface area contributed by atoms with Crippen molar-refractivity contribution in [1.29, 1.82) is 0 Å². The van der Waals surface area contributed by atoms with E-state index in [4.69, 9.17) is 5.11 Å². The summed E-state index contributed by atoms with van der Waals surface area (Å²) in [6, 6.07) is 2.05. The van der Waals surface area contributed by atoms with Crippen molar-refractivity contribution in [3.63, 3.8) is 0 Å². The molecular weight excluding hydrogens is 216 g/mol. The Hall–Kier alpha value is -1.62. The number of aromatic nitrogens is 3. The summed E-state index contributed by atoms with van der Waals surface area (Å²) in [5.41, 5.74) is 2.04. The molecule has 0 aromatic carbocycles. The molecule has 2 rings (SSSR count). The maximum absolute atomic E-state index is 8.76. The first-order valence-corrected chi connectivity index (χ1v) is 5.91. The van der Waals surface area contributed by atoms with Gasteiger partial charge in [0, 0.05) is 25.5 Å². The van der Waals surface area contributed by atoms with Crippen LogP contribution in [0.25, 0.3) is 5.52 Å². The second kappa shape index (κ2) is 5.14. The smallest absolute Gasteiger partial charge is 0.152 e. The highest BCUT2D eigenvalue weighted by molar-refractivity contribution is 5.67. The Bertz CT molecular complexity index is 492. The van der Waals surface area contributed by atoms with Crippen molar-refractivity contribution in [2.75, 3.05) is 18.5 Å². The van der Waals surface area contributed by atoms with Gasteiger partial charge in [0.25, 0.3) is 0 Å². The standard InChI is InChI=1S/C12H18N4O/c1-9(2)10-8-11-12(13-4-3-7-17)14-5-6-16(11)15-10/h5-6,8-9,17H,3-4,7H2,1-2H3,(H,13,14). The molecule has 0 fully saturated rings. The fourth-order valence-corrected chi connectivity index (χ4v) is 1.65. The number of hydrogen-bond acceptors (Lipinski definition) is 4. The van der Waals surface area contributed by atoms with Gasteiger partial charge in [-0.05, 0) is 18.4 Å². The SMILES string of the molecule is CC(C)c1cc2c(NCCCO)nccn2n1. The largest absolute Gasteiger partial charge is 0.396 e. The minimum absolute atomic E-state index is 0.187. The number of aliphatic hydroxyl groups excluding tert-OH is 1. The second-order valence-electron chi connectivity index (χ2n) is 4.33. The Labute approximate surface area is 100 Å². The molecule has 5 nitrogen and oxygen atoms in total. The molecule has 0 unspecified atom stereocenters. The average molecular weight is 234 g/mol. The van der Waals surface area contributed by atoms with Gasteiger partial charge in [0.05, 0.1) is 5.69 Å². The lowest BCUT2D eigenvalue weighted by Crippen LogP contribution is -2.06. The zero-order valence-corrected chi connectivity index (χ0v) is 10.2. The van der Waals surface area contributed by atoms with E-state index >= 15 is 0 Å². The highest BCUT2D eigenvalue weighted by Gasteiger charge is 2.09. The van der Waals surface area contributed by atoms with E-state index in [1.54, 1.807) is 6.20 Å². The van der Waals surface area contributed by atoms with Crippen molar-refractivity contribution in [2.45, 2.75) is 26.2 Å². The predicted octanol–water partition coefficient (Wildman–Crippen LogP) is 1.65. The minimum Gasteiger partial charge on any atom is -0.396 e. The summed E-state index contributed by atoms with van der Waals surface area (Å²) in [5, 5.41) is 16.5. The fourth-order valence-electron chi connectivity index (χ4n) is 1.65. The second-order valence-corrected chi connectivity index (χ2v) is 4.33. The van der Waals surface area contributed by atoms with Crippen LogP contribution in [0.4, 0.5) is 5.82 Å². The minimum atomic E-state index is 0.187. The molecular formula is C12H18N4O. The van der Waals surface area contributed by atoms with Crippen molar-refractivity contribution >= 4 is 11.3 Å². The van der Waals surface area contributed by atoms with E-state index in [1.165, 1.54) is 0 Å². The fraction of sp³-hybridized carbons (Fsp3) is 0.500. The van der Waals surface area contributed by atoms with E-state index in [9.17, 15) is 0 Å². The Morgan fingerprint density at radius 2 is 2.29 bits per heavy atom. The molecule has 0 saturated carbocycles. The van der Waals surface area contributed by atoms with Crippen molar-refractivity contribution in [2.24, 2.45) is 0 Å². The van der Waals surface area contributed by atoms with Gasteiger partial charge in [0.15, 0.2) is 5.82 Å². The van der Waals surface area contributed by atoms with Crippen molar-refractivity contribution in [3.8, 4) is 0 Å². The zero-order valence-electron chi connectivity index (χ0n) is 10.2. The molecule has 2 N–H and O–H groups in total. The van der Waals surface area contributed by atoms with Crippen LogP contribution in [0.5, 0.6) is 0 Å². The van der Waals surface area contributed by atoms with Crippen LogP contribution in [0.1, 0.15) is 31.9 Å². The molecule has 0 aliphatic carbocycles. The average Bonchev–Trinajstić information content (AvgIpc) is 2.74. The van der Waals surface area contributed by atoms with Crippen LogP contribution in [0.2, 0.25) is 0 Å². The van der Waals surface area contributed by atoms with E-state index in [2.05, 4.69) is 35.3 Å². The Morgan fingerprint density at radius 3 is 3.00 bits per heavy atom. The highest BCUT2D eigenvalue weighted by Crippen LogP contribution is 2.19. The molecule has 5 heteroatoms. The van der Waals surface area contributed by atoms with E-state index in [0.29, 0.717) is 18.9 Å². The summed E-state index contributed by atoms with van der Waals surface area (Å²) < 4.78 is 1.84. The van der Waals surface area contributed by atoms with Gasteiger partial charge >= 0.3 is 0 Å². The molecule has 92 valence electrons. The number of nitrogens with zero attached hydrogens (tertiary/aromatic N) is 3. The topological polar surface area (TPSA) is 62.5 Å². The third-order valence-electron chi connectivity index (χ3n) is 2.63. The van der Waals surface area contributed by atoms with Crippen LogP contribution in [-0.2, 0) is 0 Å². The van der Waals surface area contributed by atoms with Gasteiger partial charge in [0.1, 0.15) is 5.52 Å². The van der Waals surface area contributed by atoms with Crippen LogP contribution >= 0.6 is 0 Å². The molecule has 0 atom stereocenters. The molecule has 0 spiro atoms. The maximum atomic E-state index is 8.76. The molecule has 0 aliphatic rings. The highest BCUT2D eigenvalue weighted by atomic mass is 16.3. The molecule has 2 heterocycles. The van der Waals surface area contributed by atoms with Crippen molar-refractivity contribution in [3.05, 3.63) is 24.2 Å². The summed E-state index contributed by atoms with van der Waals surface area (Å²) in [4.78, 5) is 4.30. The van der Waals surface area contributed by atoms with Crippen LogP contribution in [-0.4, -0.2) is 32.9 Å². The summed E-state index contributed by atoms with van der Waals surface area (Å²) >= 11 is 0. The van der Waals surface area contributed by atoms with Crippen LogP contribution < -0.4 is 5.32 Å². The van der Waals surface area contributed by atoms with Crippen LogP contribution in [0.15, 0.2) is 18.5 Å². The molecule has 2 aromatic rings. The Morgan fingerprint density at radius 1 is 1.47 bits per heavy atom. The van der Waals surface area contributed by atoms with E-state index < -0.39 is 0 Å². The quantitative estimate of drug-likeness (QED) is 0.772. The van der Waals surface area contributed by atoms with Gasteiger partial charge in [-0.3, -0.25) is 0 Å². The number of fused-ring (bicyclic) bond motifs is 1. The van der Waals surface area contributed by atoms with Crippen molar-refractivity contribution < 1.29 is 5.11 Å². The van der Waals surface area contributed by atoms with Crippen LogP contribution in [0, 0.1) is 0 Å². The van der Waals surface area contributed by atoms with Gasteiger partial charge in [-0.2, -0.15) is 5.10 Å². The van der Waals surface area contributed by atoms with E-state index in [0.717, 1.165) is 17.0 Å². The first kappa shape index (κ1) is 11.9. The lowest BCUT2D eigenvalue weighted by Gasteiger charge is -2.04. The summed E-state index contributed by atoms with van der Waals surface area (Å²) in [6.45, 7) is 5.14. The molecule has 0 radical (unpaired) electrons. The predicted molar refractivity (Wildman–Crippen MR) is 67.3 cm³/mol. The van der Waals surface area contributed by atoms with Gasteiger partial charge in [-0.1, -0.05) is 13.8 Å². The third kappa shape index (κ3) is 2.55. The number of aliphatic hydroxyl groups is 1. The molecule has 17 heavy (non-hydrogen) atoms. The molecule has 2 aromatic heterocycles. The summed E-state index contributed by atoms with van der Waals surface area (Å²) in [5.74, 6) is 1.22. The Balaban J connectivity index is 2.29. The van der Waals surface area contributed by atoms with Gasteiger partial charge in [-0.15, -0.1) is 0 Å². The number of hydrogen-bond donors (Lipinski definition) is 2. The first-order valence-electron chi connectivity index (χ1n) is 5.91. The van der Waals surface area contributed by atoms with E-state index in [-0.39, 0.29) is 6.61 Å². The molecule has 0 aliphatic heterocycles. The Kier molecular flexibility index (Phi) is 3.58. The van der Waals surface area contributed by atoms with Crippen LogP contribution in [0.3, 0.4) is 0 Å².